The monoisotopic (exact) mass is 321 g/mol. The summed E-state index contributed by atoms with van der Waals surface area (Å²) in [6.07, 6.45) is 2.22. The van der Waals surface area contributed by atoms with Gasteiger partial charge in [-0.1, -0.05) is 65.8 Å². The maximum absolute atomic E-state index is 2.38. The van der Waals surface area contributed by atoms with Crippen LogP contribution in [0, 0.1) is 10.8 Å². The molecule has 0 atom stereocenters. The number of fused-ring (bicyclic) bond motifs is 3. The van der Waals surface area contributed by atoms with Crippen LogP contribution in [0.5, 0.6) is 0 Å². The minimum Gasteiger partial charge on any atom is -0.344 e. The van der Waals surface area contributed by atoms with Crippen LogP contribution < -0.4 is 0 Å². The Bertz CT molecular complexity index is 809. The van der Waals surface area contributed by atoms with Gasteiger partial charge in [0.15, 0.2) is 0 Å². The molecule has 0 fully saturated rings. The second-order valence-electron chi connectivity index (χ2n) is 9.74. The van der Waals surface area contributed by atoms with Crippen LogP contribution in [0.2, 0.25) is 0 Å². The summed E-state index contributed by atoms with van der Waals surface area (Å²) in [6, 6.07) is 14.0. The molecule has 0 N–H and O–H groups in total. The Hall–Kier alpha value is -1.76. The zero-order chi connectivity index (χ0) is 17.7. The molecule has 0 saturated carbocycles. The van der Waals surface area contributed by atoms with E-state index in [4.69, 9.17) is 0 Å². The Morgan fingerprint density at radius 3 is 1.38 bits per heavy atom. The SMILES string of the molecule is Cn1c2cc(CC(C)(C)C)ccc2c2ccc(CC(C)(C)C)cc21. The van der Waals surface area contributed by atoms with Crippen LogP contribution >= 0.6 is 0 Å². The van der Waals surface area contributed by atoms with Gasteiger partial charge in [-0.25, -0.2) is 0 Å². The van der Waals surface area contributed by atoms with E-state index in [1.54, 1.807) is 0 Å². The van der Waals surface area contributed by atoms with E-state index in [1.807, 2.05) is 0 Å². The first kappa shape index (κ1) is 17.1. The Labute approximate surface area is 146 Å². The van der Waals surface area contributed by atoms with Gasteiger partial charge >= 0.3 is 0 Å². The summed E-state index contributed by atoms with van der Waals surface area (Å²) in [7, 11) is 2.20. The zero-order valence-electron chi connectivity index (χ0n) is 16.3. The molecule has 0 unspecified atom stereocenters. The maximum atomic E-state index is 2.38. The van der Waals surface area contributed by atoms with Gasteiger partial charge in [-0.15, -0.1) is 0 Å². The first-order valence-electron chi connectivity index (χ1n) is 9.03. The van der Waals surface area contributed by atoms with Crippen LogP contribution in [0.25, 0.3) is 21.8 Å². The molecular weight excluding hydrogens is 290 g/mol. The summed E-state index contributed by atoms with van der Waals surface area (Å²) in [5, 5.41) is 2.74. The third-order valence-electron chi connectivity index (χ3n) is 4.61. The normalized spacial score (nSPS) is 13.1. The molecule has 24 heavy (non-hydrogen) atoms. The third-order valence-corrected chi connectivity index (χ3v) is 4.61. The molecule has 128 valence electrons. The second kappa shape index (κ2) is 5.65. The maximum Gasteiger partial charge on any atom is 0.0491 e. The fourth-order valence-corrected chi connectivity index (χ4v) is 3.74. The van der Waals surface area contributed by atoms with Gasteiger partial charge in [0.25, 0.3) is 0 Å². The highest BCUT2D eigenvalue weighted by Gasteiger charge is 2.16. The lowest BCUT2D eigenvalue weighted by Crippen LogP contribution is -2.09. The summed E-state index contributed by atoms with van der Waals surface area (Å²) in [5.74, 6) is 0. The van der Waals surface area contributed by atoms with E-state index in [1.165, 1.54) is 32.9 Å². The fourth-order valence-electron chi connectivity index (χ4n) is 3.74. The first-order valence-corrected chi connectivity index (χ1v) is 9.03. The summed E-state index contributed by atoms with van der Waals surface area (Å²) >= 11 is 0. The van der Waals surface area contributed by atoms with E-state index in [0.717, 1.165) is 12.8 Å². The van der Waals surface area contributed by atoms with E-state index < -0.39 is 0 Å². The van der Waals surface area contributed by atoms with Gasteiger partial charge in [-0.3, -0.25) is 0 Å². The standard InChI is InChI=1S/C23H31N/c1-22(2,3)14-16-8-10-18-19-11-9-17(15-23(4,5)6)13-21(19)24(7)20(18)12-16/h8-13H,14-15H2,1-7H3. The number of benzene rings is 2. The largest absolute Gasteiger partial charge is 0.344 e. The van der Waals surface area contributed by atoms with Crippen molar-refractivity contribution < 1.29 is 0 Å². The summed E-state index contributed by atoms with van der Waals surface area (Å²) < 4.78 is 2.36. The number of nitrogens with zero attached hydrogens (tertiary/aromatic N) is 1. The smallest absolute Gasteiger partial charge is 0.0491 e. The molecule has 3 rings (SSSR count). The average Bonchev–Trinajstić information content (AvgIpc) is 2.68. The zero-order valence-corrected chi connectivity index (χ0v) is 16.3. The van der Waals surface area contributed by atoms with Crippen LogP contribution in [0.1, 0.15) is 52.7 Å². The van der Waals surface area contributed by atoms with Crippen molar-refractivity contribution in [3.63, 3.8) is 0 Å². The Morgan fingerprint density at radius 2 is 1.04 bits per heavy atom. The molecular formula is C23H31N. The number of aromatic nitrogens is 1. The van der Waals surface area contributed by atoms with E-state index in [9.17, 15) is 0 Å². The Kier molecular flexibility index (Phi) is 4.02. The number of hydrogen-bond donors (Lipinski definition) is 0. The van der Waals surface area contributed by atoms with E-state index in [0.29, 0.717) is 10.8 Å². The lowest BCUT2D eigenvalue weighted by atomic mass is 9.87. The molecule has 0 spiro atoms. The highest BCUT2D eigenvalue weighted by atomic mass is 14.9. The summed E-state index contributed by atoms with van der Waals surface area (Å²) in [4.78, 5) is 0. The fraction of sp³-hybridized carbons (Fsp3) is 0.478. The predicted molar refractivity (Wildman–Crippen MR) is 107 cm³/mol. The van der Waals surface area contributed by atoms with Crippen molar-refractivity contribution in [3.05, 3.63) is 47.5 Å². The van der Waals surface area contributed by atoms with Crippen LogP contribution in [-0.4, -0.2) is 4.57 Å². The van der Waals surface area contributed by atoms with Crippen LogP contribution in [0.3, 0.4) is 0 Å². The molecule has 0 saturated heterocycles. The van der Waals surface area contributed by atoms with Gasteiger partial charge in [0.05, 0.1) is 0 Å². The first-order chi connectivity index (χ1) is 11.0. The third kappa shape index (κ3) is 3.50. The molecule has 0 radical (unpaired) electrons. The van der Waals surface area contributed by atoms with Gasteiger partial charge in [-0.05, 0) is 46.9 Å². The summed E-state index contributed by atoms with van der Waals surface area (Å²) in [6.45, 7) is 13.8. The van der Waals surface area contributed by atoms with Crippen molar-refractivity contribution in [1.82, 2.24) is 4.57 Å². The average molecular weight is 322 g/mol. The lowest BCUT2D eigenvalue weighted by Gasteiger charge is -2.18. The van der Waals surface area contributed by atoms with Crippen molar-refractivity contribution in [3.8, 4) is 0 Å². The molecule has 0 amide bonds. The van der Waals surface area contributed by atoms with Gasteiger partial charge in [0.2, 0.25) is 0 Å². The van der Waals surface area contributed by atoms with Gasteiger partial charge in [0.1, 0.15) is 0 Å². The molecule has 0 aliphatic heterocycles. The molecule has 1 aromatic heterocycles. The van der Waals surface area contributed by atoms with Gasteiger partial charge < -0.3 is 4.57 Å². The highest BCUT2D eigenvalue weighted by Crippen LogP contribution is 2.32. The molecule has 0 aliphatic carbocycles. The molecule has 1 heteroatoms. The van der Waals surface area contributed by atoms with E-state index >= 15 is 0 Å². The minimum absolute atomic E-state index is 0.318. The molecule has 2 aromatic carbocycles. The number of hydrogen-bond acceptors (Lipinski definition) is 0. The second-order valence-corrected chi connectivity index (χ2v) is 9.74. The molecule has 0 aliphatic rings. The molecule has 0 bridgehead atoms. The van der Waals surface area contributed by atoms with Crippen molar-refractivity contribution in [2.45, 2.75) is 54.4 Å². The van der Waals surface area contributed by atoms with Gasteiger partial charge in [-0.2, -0.15) is 0 Å². The Morgan fingerprint density at radius 1 is 0.667 bits per heavy atom. The van der Waals surface area contributed by atoms with Gasteiger partial charge in [0, 0.05) is 28.9 Å². The van der Waals surface area contributed by atoms with Crippen LogP contribution in [0.15, 0.2) is 36.4 Å². The van der Waals surface area contributed by atoms with Crippen molar-refractivity contribution in [1.29, 1.82) is 0 Å². The van der Waals surface area contributed by atoms with E-state index in [-0.39, 0.29) is 0 Å². The molecule has 1 nitrogen and oxygen atoms in total. The van der Waals surface area contributed by atoms with Crippen molar-refractivity contribution >= 4 is 21.8 Å². The highest BCUT2D eigenvalue weighted by molar-refractivity contribution is 6.08. The summed E-state index contributed by atoms with van der Waals surface area (Å²) in [5.41, 5.74) is 6.18. The minimum atomic E-state index is 0.318. The topological polar surface area (TPSA) is 4.93 Å². The van der Waals surface area contributed by atoms with Crippen LogP contribution in [0.4, 0.5) is 0 Å². The quantitative estimate of drug-likeness (QED) is 0.507. The van der Waals surface area contributed by atoms with Crippen LogP contribution in [-0.2, 0) is 19.9 Å². The molecule has 1 heterocycles. The van der Waals surface area contributed by atoms with E-state index in [2.05, 4.69) is 89.6 Å². The predicted octanol–water partition coefficient (Wildman–Crippen LogP) is 6.51. The lowest BCUT2D eigenvalue weighted by molar-refractivity contribution is 0.411. The van der Waals surface area contributed by atoms with Crippen molar-refractivity contribution in [2.75, 3.05) is 0 Å². The van der Waals surface area contributed by atoms with Crippen molar-refractivity contribution in [2.24, 2.45) is 17.9 Å². The molecule has 3 aromatic rings. The number of aryl methyl sites for hydroxylation is 1. The Balaban J connectivity index is 2.12. The number of rotatable bonds is 2.